The van der Waals surface area contributed by atoms with Crippen molar-refractivity contribution in [3.05, 3.63) is 18.2 Å². The summed E-state index contributed by atoms with van der Waals surface area (Å²) in [6.45, 7) is 3.08. The number of nitrogens with zero attached hydrogens (tertiary/aromatic N) is 3. The Bertz CT molecular complexity index is 484. The van der Waals surface area contributed by atoms with E-state index in [2.05, 4.69) is 21.9 Å². The quantitative estimate of drug-likeness (QED) is 0.881. The maximum absolute atomic E-state index is 12.8. The summed E-state index contributed by atoms with van der Waals surface area (Å²) in [5.74, 6) is 1.25. The minimum atomic E-state index is -0.139. The second-order valence-electron chi connectivity index (χ2n) is 6.25. The fourth-order valence-electron chi connectivity index (χ4n) is 3.17. The van der Waals surface area contributed by atoms with Gasteiger partial charge in [-0.1, -0.05) is 0 Å². The van der Waals surface area contributed by atoms with E-state index in [-0.39, 0.29) is 11.5 Å². The molecule has 6 nitrogen and oxygen atoms in total. The molecule has 2 heterocycles. The molecule has 2 fully saturated rings. The summed E-state index contributed by atoms with van der Waals surface area (Å²) < 4.78 is 5.16. The highest BCUT2D eigenvalue weighted by Gasteiger charge is 2.51. The zero-order valence-corrected chi connectivity index (χ0v) is 12.8. The maximum Gasteiger partial charge on any atom is 0.228 e. The van der Waals surface area contributed by atoms with Crippen molar-refractivity contribution in [3.63, 3.8) is 0 Å². The van der Waals surface area contributed by atoms with Crippen LogP contribution in [0.4, 0.5) is 0 Å². The Morgan fingerprint density at radius 1 is 1.52 bits per heavy atom. The molecule has 1 aromatic rings. The molecule has 0 aromatic carbocycles. The van der Waals surface area contributed by atoms with Gasteiger partial charge in [0.2, 0.25) is 5.91 Å². The van der Waals surface area contributed by atoms with Crippen LogP contribution in [0.3, 0.4) is 0 Å². The molecule has 1 atom stereocenters. The van der Waals surface area contributed by atoms with Gasteiger partial charge < -0.3 is 14.6 Å². The number of piperazine rings is 1. The number of H-pyrrole nitrogens is 1. The first-order valence-electron chi connectivity index (χ1n) is 7.64. The summed E-state index contributed by atoms with van der Waals surface area (Å²) in [6, 6.07) is 0.163. The molecular formula is C15H24N4O2. The number of nitrogens with one attached hydrogen (secondary N) is 1. The summed E-state index contributed by atoms with van der Waals surface area (Å²) in [4.78, 5) is 24.6. The average molecular weight is 292 g/mol. The van der Waals surface area contributed by atoms with E-state index < -0.39 is 0 Å². The van der Waals surface area contributed by atoms with Gasteiger partial charge in [-0.2, -0.15) is 0 Å². The number of aromatic nitrogens is 2. The number of methoxy groups -OCH3 is 1. The number of amides is 1. The summed E-state index contributed by atoms with van der Waals surface area (Å²) in [5, 5.41) is 0. The topological polar surface area (TPSA) is 61.5 Å². The van der Waals surface area contributed by atoms with Gasteiger partial charge in [-0.25, -0.2) is 4.98 Å². The number of ether oxygens (including phenoxy) is 1. The molecular weight excluding hydrogens is 268 g/mol. The van der Waals surface area contributed by atoms with Crippen molar-refractivity contribution in [2.75, 3.05) is 40.4 Å². The van der Waals surface area contributed by atoms with Crippen molar-refractivity contribution < 1.29 is 9.53 Å². The number of imidazole rings is 1. The maximum atomic E-state index is 12.8. The van der Waals surface area contributed by atoms with E-state index in [1.54, 1.807) is 13.3 Å². The van der Waals surface area contributed by atoms with Crippen LogP contribution in [0.1, 0.15) is 31.1 Å². The molecule has 1 saturated carbocycles. The van der Waals surface area contributed by atoms with Crippen molar-refractivity contribution in [3.8, 4) is 0 Å². The molecule has 0 unspecified atom stereocenters. The average Bonchev–Trinajstić information content (AvgIpc) is 3.09. The lowest BCUT2D eigenvalue weighted by Crippen LogP contribution is -2.51. The van der Waals surface area contributed by atoms with Gasteiger partial charge in [0.1, 0.15) is 5.82 Å². The number of aromatic amines is 1. The molecule has 6 heteroatoms. The van der Waals surface area contributed by atoms with E-state index in [1.165, 1.54) is 0 Å². The zero-order chi connectivity index (χ0) is 14.9. The predicted molar refractivity (Wildman–Crippen MR) is 78.7 cm³/mol. The molecule has 1 aliphatic heterocycles. The molecule has 1 aromatic heterocycles. The van der Waals surface area contributed by atoms with Gasteiger partial charge in [-0.3, -0.25) is 9.69 Å². The van der Waals surface area contributed by atoms with Crippen LogP contribution in [-0.2, 0) is 9.53 Å². The van der Waals surface area contributed by atoms with Gasteiger partial charge in [0.25, 0.3) is 0 Å². The Hall–Kier alpha value is -1.40. The summed E-state index contributed by atoms with van der Waals surface area (Å²) in [5.41, 5.74) is -0.139. The Morgan fingerprint density at radius 2 is 2.33 bits per heavy atom. The Balaban J connectivity index is 1.67. The minimum absolute atomic E-state index is 0.139. The van der Waals surface area contributed by atoms with Crippen LogP contribution in [0.5, 0.6) is 0 Å². The van der Waals surface area contributed by atoms with Crippen molar-refractivity contribution in [1.82, 2.24) is 19.8 Å². The van der Waals surface area contributed by atoms with E-state index in [0.29, 0.717) is 12.5 Å². The molecule has 21 heavy (non-hydrogen) atoms. The first kappa shape index (κ1) is 14.5. The monoisotopic (exact) mass is 292 g/mol. The summed E-state index contributed by atoms with van der Waals surface area (Å²) >= 11 is 0. The third-order valence-electron chi connectivity index (χ3n) is 4.86. The smallest absolute Gasteiger partial charge is 0.228 e. The lowest BCUT2D eigenvalue weighted by atomic mass is 9.99. The number of likely N-dealkylation sites (N-methyl/N-ethyl adjacent to an activating group) is 1. The fraction of sp³-hybridized carbons (Fsp3) is 0.733. The van der Waals surface area contributed by atoms with Crippen molar-refractivity contribution in [1.29, 1.82) is 0 Å². The van der Waals surface area contributed by atoms with Gasteiger partial charge >= 0.3 is 0 Å². The van der Waals surface area contributed by atoms with Crippen LogP contribution >= 0.6 is 0 Å². The highest BCUT2D eigenvalue weighted by molar-refractivity contribution is 5.85. The van der Waals surface area contributed by atoms with Gasteiger partial charge in [-0.05, 0) is 26.3 Å². The van der Waals surface area contributed by atoms with Crippen LogP contribution in [0.2, 0.25) is 0 Å². The van der Waals surface area contributed by atoms with Crippen LogP contribution in [0, 0.1) is 5.41 Å². The molecule has 1 saturated heterocycles. The van der Waals surface area contributed by atoms with Crippen molar-refractivity contribution >= 4 is 5.91 Å². The third-order valence-corrected chi connectivity index (χ3v) is 4.86. The summed E-state index contributed by atoms with van der Waals surface area (Å²) in [7, 11) is 3.79. The van der Waals surface area contributed by atoms with E-state index in [1.807, 2.05) is 11.1 Å². The molecule has 0 spiro atoms. The van der Waals surface area contributed by atoms with Gasteiger partial charge in [0.15, 0.2) is 0 Å². The van der Waals surface area contributed by atoms with Gasteiger partial charge in [-0.15, -0.1) is 0 Å². The third kappa shape index (κ3) is 2.82. The highest BCUT2D eigenvalue weighted by atomic mass is 16.5. The second kappa shape index (κ2) is 5.77. The largest absolute Gasteiger partial charge is 0.385 e. The van der Waals surface area contributed by atoms with E-state index in [9.17, 15) is 4.79 Å². The minimum Gasteiger partial charge on any atom is -0.385 e. The van der Waals surface area contributed by atoms with Crippen LogP contribution in [0.15, 0.2) is 12.4 Å². The first-order valence-corrected chi connectivity index (χ1v) is 7.64. The SMILES string of the molecule is COCCC1(C(=O)N2CCN(C)[C@@H](c3ncc[nH]3)C2)CC1. The zero-order valence-electron chi connectivity index (χ0n) is 12.8. The number of carbonyl (C=O) groups is 1. The highest BCUT2D eigenvalue weighted by Crippen LogP contribution is 2.50. The number of hydrogen-bond donors (Lipinski definition) is 1. The Morgan fingerprint density at radius 3 is 2.95 bits per heavy atom. The molecule has 1 amide bonds. The molecule has 116 valence electrons. The fourth-order valence-corrected chi connectivity index (χ4v) is 3.17. The van der Waals surface area contributed by atoms with E-state index >= 15 is 0 Å². The standard InChI is InChI=1S/C15H24N4O2/c1-18-8-9-19(11-12(18)13-16-6-7-17-13)14(20)15(3-4-15)5-10-21-2/h6-7,12H,3-5,8-11H2,1-2H3,(H,16,17)/t12-/m1/s1. The van der Waals surface area contributed by atoms with Gasteiger partial charge in [0.05, 0.1) is 11.5 Å². The number of rotatable bonds is 5. The summed E-state index contributed by atoms with van der Waals surface area (Å²) in [6.07, 6.45) is 6.47. The van der Waals surface area contributed by atoms with E-state index in [0.717, 1.165) is 44.7 Å². The lowest BCUT2D eigenvalue weighted by Gasteiger charge is -2.40. The molecule has 3 rings (SSSR count). The van der Waals surface area contributed by atoms with Gasteiger partial charge in [0, 0.05) is 45.7 Å². The number of carbonyl (C=O) groups excluding carboxylic acids is 1. The normalized spacial score (nSPS) is 25.0. The molecule has 1 aliphatic carbocycles. The van der Waals surface area contributed by atoms with Crippen LogP contribution in [0.25, 0.3) is 0 Å². The Labute approximate surface area is 125 Å². The lowest BCUT2D eigenvalue weighted by molar-refractivity contribution is -0.140. The molecule has 0 radical (unpaired) electrons. The Kier molecular flexibility index (Phi) is 3.99. The van der Waals surface area contributed by atoms with Crippen molar-refractivity contribution in [2.24, 2.45) is 5.41 Å². The predicted octanol–water partition coefficient (Wildman–Crippen LogP) is 1.04. The van der Waals surface area contributed by atoms with E-state index in [4.69, 9.17) is 4.74 Å². The molecule has 0 bridgehead atoms. The first-order chi connectivity index (χ1) is 10.2. The van der Waals surface area contributed by atoms with Crippen molar-refractivity contribution in [2.45, 2.75) is 25.3 Å². The molecule has 1 N–H and O–H groups in total. The van der Waals surface area contributed by atoms with Crippen LogP contribution in [-0.4, -0.2) is 66.1 Å². The molecule has 2 aliphatic rings. The number of hydrogen-bond acceptors (Lipinski definition) is 4. The van der Waals surface area contributed by atoms with Crippen LogP contribution < -0.4 is 0 Å². The second-order valence-corrected chi connectivity index (χ2v) is 6.25.